The van der Waals surface area contributed by atoms with Crippen LogP contribution in [0.4, 0.5) is 11.4 Å². The van der Waals surface area contributed by atoms with Gasteiger partial charge >= 0.3 is 0 Å². The van der Waals surface area contributed by atoms with Gasteiger partial charge in [0.15, 0.2) is 0 Å². The maximum atomic E-state index is 11.7. The topological polar surface area (TPSA) is 85.3 Å². The van der Waals surface area contributed by atoms with Crippen LogP contribution in [0.2, 0.25) is 0 Å². The molecule has 0 aliphatic carbocycles. The number of nitrogens with zero attached hydrogens (tertiary/aromatic N) is 4. The van der Waals surface area contributed by atoms with Gasteiger partial charge in [-0.3, -0.25) is 10.1 Å². The van der Waals surface area contributed by atoms with Crippen molar-refractivity contribution in [3.8, 4) is 22.8 Å². The number of hydrogen-bond acceptors (Lipinski definition) is 6. The van der Waals surface area contributed by atoms with Crippen LogP contribution in [-0.2, 0) is 0 Å². The van der Waals surface area contributed by atoms with E-state index in [1.807, 2.05) is 37.3 Å². The van der Waals surface area contributed by atoms with Crippen molar-refractivity contribution < 1.29 is 9.45 Å². The quantitative estimate of drug-likeness (QED) is 0.476. The van der Waals surface area contributed by atoms with Gasteiger partial charge in [0.2, 0.25) is 5.82 Å². The van der Waals surface area contributed by atoms with E-state index in [1.165, 1.54) is 6.07 Å². The van der Waals surface area contributed by atoms with Gasteiger partial charge in [-0.1, -0.05) is 41.9 Å². The van der Waals surface area contributed by atoms with Crippen molar-refractivity contribution in [3.63, 3.8) is 0 Å². The Hall–Kier alpha value is -3.22. The van der Waals surface area contributed by atoms with Crippen LogP contribution >= 0.6 is 0 Å². The van der Waals surface area contributed by atoms with Gasteiger partial charge in [0.1, 0.15) is 5.69 Å². The van der Waals surface area contributed by atoms with Gasteiger partial charge in [-0.25, -0.2) is 0 Å². The molecule has 0 amide bonds. The molecule has 0 N–H and O–H groups in total. The summed E-state index contributed by atoms with van der Waals surface area (Å²) >= 11 is 0. The van der Waals surface area contributed by atoms with E-state index in [0.29, 0.717) is 23.0 Å². The van der Waals surface area contributed by atoms with Crippen molar-refractivity contribution in [3.05, 3.63) is 58.1 Å². The zero-order chi connectivity index (χ0) is 19.7. The minimum atomic E-state index is -0.338. The number of piperidine rings is 1. The van der Waals surface area contributed by atoms with Crippen LogP contribution in [0, 0.1) is 23.0 Å². The standard InChI is InChI=1S/C21H22N4O3/c1-14-5-7-16(8-6-14)20-22-21(28-23-20)17-9-10-18(19(12-17)25(26)27)24-11-3-4-15(2)13-24/h5-10,12,15H,3-4,11,13H2,1-2H3/t15-/m0/s1. The van der Waals surface area contributed by atoms with E-state index >= 15 is 0 Å². The molecule has 0 spiro atoms. The molecule has 3 aromatic rings. The Kier molecular flexibility index (Phi) is 4.81. The summed E-state index contributed by atoms with van der Waals surface area (Å²) in [5.41, 5.74) is 3.26. The highest BCUT2D eigenvalue weighted by molar-refractivity contribution is 5.71. The first-order valence-corrected chi connectivity index (χ1v) is 9.46. The van der Waals surface area contributed by atoms with Crippen LogP contribution in [0.25, 0.3) is 22.8 Å². The number of nitro groups is 1. The third-order valence-corrected chi connectivity index (χ3v) is 5.15. The van der Waals surface area contributed by atoms with Gasteiger partial charge in [0.25, 0.3) is 11.6 Å². The lowest BCUT2D eigenvalue weighted by Crippen LogP contribution is -2.34. The molecule has 7 heteroatoms. The van der Waals surface area contributed by atoms with Crippen molar-refractivity contribution in [1.29, 1.82) is 0 Å². The van der Waals surface area contributed by atoms with Crippen molar-refractivity contribution in [2.45, 2.75) is 26.7 Å². The fourth-order valence-electron chi connectivity index (χ4n) is 3.64. The largest absolute Gasteiger partial charge is 0.366 e. The molecule has 7 nitrogen and oxygen atoms in total. The average Bonchev–Trinajstić information content (AvgIpc) is 3.18. The van der Waals surface area contributed by atoms with Gasteiger partial charge in [0.05, 0.1) is 4.92 Å². The molecule has 1 aliphatic heterocycles. The number of aromatic nitrogens is 2. The van der Waals surface area contributed by atoms with Crippen molar-refractivity contribution >= 4 is 11.4 Å². The van der Waals surface area contributed by atoms with Crippen molar-refractivity contribution in [2.24, 2.45) is 5.92 Å². The summed E-state index contributed by atoms with van der Waals surface area (Å²) in [6.07, 6.45) is 2.20. The number of anilines is 1. The molecular weight excluding hydrogens is 356 g/mol. The fourth-order valence-corrected chi connectivity index (χ4v) is 3.64. The fraction of sp³-hybridized carbons (Fsp3) is 0.333. The first-order valence-electron chi connectivity index (χ1n) is 9.46. The number of hydrogen-bond donors (Lipinski definition) is 0. The Labute approximate surface area is 163 Å². The normalized spacial score (nSPS) is 16.9. The predicted octanol–water partition coefficient (Wildman–Crippen LogP) is 4.86. The number of rotatable bonds is 4. The Bertz CT molecular complexity index is 997. The first kappa shape index (κ1) is 18.2. The summed E-state index contributed by atoms with van der Waals surface area (Å²) in [4.78, 5) is 17.9. The van der Waals surface area contributed by atoms with E-state index in [0.717, 1.165) is 37.1 Å². The van der Waals surface area contributed by atoms with Gasteiger partial charge in [-0.2, -0.15) is 4.98 Å². The summed E-state index contributed by atoms with van der Waals surface area (Å²) < 4.78 is 5.38. The lowest BCUT2D eigenvalue weighted by atomic mass is 9.99. The Balaban J connectivity index is 1.66. The van der Waals surface area contributed by atoms with Crippen molar-refractivity contribution in [1.82, 2.24) is 10.1 Å². The van der Waals surface area contributed by atoms with Gasteiger partial charge in [0, 0.05) is 30.3 Å². The molecule has 1 fully saturated rings. The summed E-state index contributed by atoms with van der Waals surface area (Å²) in [5, 5.41) is 15.7. The predicted molar refractivity (Wildman–Crippen MR) is 107 cm³/mol. The SMILES string of the molecule is Cc1ccc(-c2noc(-c3ccc(N4CCC[C@H](C)C4)c([N+](=O)[O-])c3)n2)cc1. The second kappa shape index (κ2) is 7.42. The lowest BCUT2D eigenvalue weighted by molar-refractivity contribution is -0.384. The van der Waals surface area contributed by atoms with Crippen LogP contribution in [0.5, 0.6) is 0 Å². The maximum absolute atomic E-state index is 11.7. The molecule has 2 aromatic carbocycles. The van der Waals surface area contributed by atoms with Crippen LogP contribution in [0.1, 0.15) is 25.3 Å². The molecule has 28 heavy (non-hydrogen) atoms. The lowest BCUT2D eigenvalue weighted by Gasteiger charge is -2.32. The van der Waals surface area contributed by atoms with E-state index < -0.39 is 0 Å². The van der Waals surface area contributed by atoms with Gasteiger partial charge in [-0.05, 0) is 37.8 Å². The maximum Gasteiger partial charge on any atom is 0.293 e. The highest BCUT2D eigenvalue weighted by Gasteiger charge is 2.25. The number of aryl methyl sites for hydroxylation is 1. The second-order valence-corrected chi connectivity index (χ2v) is 7.44. The molecule has 0 bridgehead atoms. The van der Waals surface area contributed by atoms with Crippen LogP contribution < -0.4 is 4.90 Å². The highest BCUT2D eigenvalue weighted by atomic mass is 16.6. The number of benzene rings is 2. The molecule has 1 saturated heterocycles. The average molecular weight is 378 g/mol. The zero-order valence-electron chi connectivity index (χ0n) is 16.0. The molecular formula is C21H22N4O3. The number of nitro benzene ring substituents is 1. The molecule has 1 atom stereocenters. The molecule has 144 valence electrons. The van der Waals surface area contributed by atoms with Crippen molar-refractivity contribution in [2.75, 3.05) is 18.0 Å². The van der Waals surface area contributed by atoms with E-state index in [4.69, 9.17) is 4.52 Å². The highest BCUT2D eigenvalue weighted by Crippen LogP contribution is 2.35. The Morgan fingerprint density at radius 2 is 1.93 bits per heavy atom. The summed E-state index contributed by atoms with van der Waals surface area (Å²) in [5.74, 6) is 1.27. The van der Waals surface area contributed by atoms with Crippen LogP contribution in [-0.4, -0.2) is 28.2 Å². The van der Waals surface area contributed by atoms with Gasteiger partial charge < -0.3 is 9.42 Å². The van der Waals surface area contributed by atoms with E-state index in [9.17, 15) is 10.1 Å². The first-order chi connectivity index (χ1) is 13.5. The molecule has 0 radical (unpaired) electrons. The molecule has 0 saturated carbocycles. The van der Waals surface area contributed by atoms with E-state index in [1.54, 1.807) is 6.07 Å². The third kappa shape index (κ3) is 3.60. The molecule has 1 aromatic heterocycles. The monoisotopic (exact) mass is 378 g/mol. The zero-order valence-corrected chi connectivity index (χ0v) is 16.0. The van der Waals surface area contributed by atoms with E-state index in [2.05, 4.69) is 22.0 Å². The van der Waals surface area contributed by atoms with Crippen LogP contribution in [0.3, 0.4) is 0 Å². The van der Waals surface area contributed by atoms with Gasteiger partial charge in [-0.15, -0.1) is 0 Å². The van der Waals surface area contributed by atoms with E-state index in [-0.39, 0.29) is 16.5 Å². The summed E-state index contributed by atoms with van der Waals surface area (Å²) in [7, 11) is 0. The summed E-state index contributed by atoms with van der Waals surface area (Å²) in [6.45, 7) is 5.85. The molecule has 0 unspecified atom stereocenters. The minimum Gasteiger partial charge on any atom is -0.366 e. The molecule has 4 rings (SSSR count). The molecule has 2 heterocycles. The second-order valence-electron chi connectivity index (χ2n) is 7.44. The third-order valence-electron chi connectivity index (χ3n) is 5.15. The Morgan fingerprint density at radius 3 is 2.64 bits per heavy atom. The van der Waals surface area contributed by atoms with Crippen LogP contribution in [0.15, 0.2) is 47.0 Å². The summed E-state index contributed by atoms with van der Waals surface area (Å²) in [6, 6.07) is 12.9. The molecule has 1 aliphatic rings. The smallest absolute Gasteiger partial charge is 0.293 e. The Morgan fingerprint density at radius 1 is 1.18 bits per heavy atom. The minimum absolute atomic E-state index is 0.0710.